The molecule has 0 heterocycles. The van der Waals surface area contributed by atoms with Crippen molar-refractivity contribution in [2.45, 2.75) is 19.8 Å². The van der Waals surface area contributed by atoms with E-state index in [9.17, 15) is 4.79 Å². The molecule has 0 amide bonds. The van der Waals surface area contributed by atoms with E-state index in [-0.39, 0.29) is 0 Å². The zero-order chi connectivity index (χ0) is 8.29. The van der Waals surface area contributed by atoms with Gasteiger partial charge in [-0.25, -0.2) is 0 Å². The van der Waals surface area contributed by atoms with Crippen molar-refractivity contribution in [2.24, 2.45) is 29.6 Å². The van der Waals surface area contributed by atoms with E-state index in [1.54, 1.807) is 0 Å². The second-order valence-corrected chi connectivity index (χ2v) is 4.70. The van der Waals surface area contributed by atoms with E-state index in [2.05, 4.69) is 19.1 Å². The summed E-state index contributed by atoms with van der Waals surface area (Å²) in [5.74, 6) is 3.72. The van der Waals surface area contributed by atoms with Crippen molar-refractivity contribution in [3.8, 4) is 0 Å². The summed E-state index contributed by atoms with van der Waals surface area (Å²) >= 11 is 0. The number of allylic oxidation sites excluding steroid dienone is 2. The van der Waals surface area contributed by atoms with E-state index in [1.807, 2.05) is 0 Å². The average molecular weight is 162 g/mol. The lowest BCUT2D eigenvalue weighted by atomic mass is 9.82. The third-order valence-electron chi connectivity index (χ3n) is 4.07. The van der Waals surface area contributed by atoms with Gasteiger partial charge in [-0.1, -0.05) is 19.1 Å². The molecule has 0 aromatic rings. The van der Waals surface area contributed by atoms with Crippen LogP contribution in [0.5, 0.6) is 0 Å². The average Bonchev–Trinajstić information content (AvgIpc) is 2.64. The van der Waals surface area contributed by atoms with Crippen molar-refractivity contribution >= 4 is 5.78 Å². The first-order valence-corrected chi connectivity index (χ1v) is 4.98. The first-order valence-electron chi connectivity index (χ1n) is 4.98. The topological polar surface area (TPSA) is 17.1 Å². The van der Waals surface area contributed by atoms with Crippen LogP contribution in [0.2, 0.25) is 0 Å². The maximum atomic E-state index is 11.6. The number of fused-ring (bicyclic) bond motifs is 5. The number of hydrogen-bond donors (Lipinski definition) is 0. The lowest BCUT2D eigenvalue weighted by Crippen LogP contribution is -2.20. The van der Waals surface area contributed by atoms with E-state index in [0.717, 1.165) is 12.3 Å². The first-order chi connectivity index (χ1) is 5.77. The molecule has 0 saturated heterocycles. The molecule has 0 aromatic heterocycles. The Labute approximate surface area is 72.8 Å². The zero-order valence-electron chi connectivity index (χ0n) is 7.36. The predicted octanol–water partition coefficient (Wildman–Crippen LogP) is 2.03. The van der Waals surface area contributed by atoms with E-state index in [4.69, 9.17) is 0 Å². The molecule has 3 rings (SSSR count). The fourth-order valence-corrected chi connectivity index (χ4v) is 3.68. The number of hydrogen-bond acceptors (Lipinski definition) is 1. The highest BCUT2D eigenvalue weighted by atomic mass is 16.1. The number of ketones is 1. The van der Waals surface area contributed by atoms with Gasteiger partial charge >= 0.3 is 0 Å². The van der Waals surface area contributed by atoms with Crippen LogP contribution < -0.4 is 0 Å². The molecule has 0 aliphatic heterocycles. The van der Waals surface area contributed by atoms with Crippen molar-refractivity contribution in [3.05, 3.63) is 12.2 Å². The SMILES string of the molecule is C[C@H]1CC(=O)[C@H]2[C@@H]1[C@H]1C=C[C@@H]2C1. The van der Waals surface area contributed by atoms with Gasteiger partial charge in [-0.15, -0.1) is 0 Å². The van der Waals surface area contributed by atoms with Gasteiger partial charge in [0, 0.05) is 12.3 Å². The maximum Gasteiger partial charge on any atom is 0.137 e. The maximum absolute atomic E-state index is 11.6. The lowest BCUT2D eigenvalue weighted by molar-refractivity contribution is -0.121. The third kappa shape index (κ3) is 0.634. The van der Waals surface area contributed by atoms with Gasteiger partial charge < -0.3 is 0 Å². The minimum Gasteiger partial charge on any atom is -0.299 e. The Morgan fingerprint density at radius 2 is 2.08 bits per heavy atom. The smallest absolute Gasteiger partial charge is 0.137 e. The van der Waals surface area contributed by atoms with Crippen LogP contribution in [-0.4, -0.2) is 5.78 Å². The van der Waals surface area contributed by atoms with Gasteiger partial charge in [0.2, 0.25) is 0 Å². The molecule has 1 nitrogen and oxygen atoms in total. The van der Waals surface area contributed by atoms with Crippen LogP contribution in [0.4, 0.5) is 0 Å². The van der Waals surface area contributed by atoms with Crippen LogP contribution in [0, 0.1) is 29.6 Å². The highest BCUT2D eigenvalue weighted by Gasteiger charge is 2.53. The lowest BCUT2D eigenvalue weighted by Gasteiger charge is -2.21. The van der Waals surface area contributed by atoms with Crippen molar-refractivity contribution in [3.63, 3.8) is 0 Å². The van der Waals surface area contributed by atoms with Gasteiger partial charge in [0.05, 0.1) is 0 Å². The summed E-state index contributed by atoms with van der Waals surface area (Å²) in [4.78, 5) is 11.6. The molecule has 0 N–H and O–H groups in total. The number of Topliss-reactive ketones (excluding diaryl/α,β-unsaturated/α-hetero) is 1. The zero-order valence-corrected chi connectivity index (χ0v) is 7.36. The van der Waals surface area contributed by atoms with Crippen LogP contribution in [0.3, 0.4) is 0 Å². The molecule has 5 atom stereocenters. The molecular formula is C11H14O. The van der Waals surface area contributed by atoms with Gasteiger partial charge in [-0.05, 0) is 30.1 Å². The number of rotatable bonds is 0. The fourth-order valence-electron chi connectivity index (χ4n) is 3.68. The van der Waals surface area contributed by atoms with Gasteiger partial charge in [-0.3, -0.25) is 4.79 Å². The normalized spacial score (nSPS) is 55.1. The first kappa shape index (κ1) is 6.88. The molecule has 2 fully saturated rings. The molecule has 64 valence electrons. The van der Waals surface area contributed by atoms with Gasteiger partial charge in [0.1, 0.15) is 5.78 Å². The van der Waals surface area contributed by atoms with Crippen LogP contribution in [-0.2, 0) is 4.79 Å². The predicted molar refractivity (Wildman–Crippen MR) is 46.5 cm³/mol. The Kier molecular flexibility index (Phi) is 1.15. The third-order valence-corrected chi connectivity index (χ3v) is 4.07. The molecule has 3 aliphatic rings. The molecule has 12 heavy (non-hydrogen) atoms. The summed E-state index contributed by atoms with van der Waals surface area (Å²) in [6.45, 7) is 2.25. The highest BCUT2D eigenvalue weighted by Crippen LogP contribution is 2.55. The van der Waals surface area contributed by atoms with Crippen LogP contribution in [0.25, 0.3) is 0 Å². The molecular weight excluding hydrogens is 148 g/mol. The van der Waals surface area contributed by atoms with Crippen molar-refractivity contribution < 1.29 is 4.79 Å². The molecule has 0 spiro atoms. The summed E-state index contributed by atoms with van der Waals surface area (Å²) in [5, 5.41) is 0. The summed E-state index contributed by atoms with van der Waals surface area (Å²) in [6.07, 6.45) is 6.75. The molecule has 0 aromatic carbocycles. The Hall–Kier alpha value is -0.590. The van der Waals surface area contributed by atoms with Gasteiger partial charge in [0.25, 0.3) is 0 Å². The largest absolute Gasteiger partial charge is 0.299 e. The van der Waals surface area contributed by atoms with Crippen LogP contribution >= 0.6 is 0 Å². The fraction of sp³-hybridized carbons (Fsp3) is 0.727. The highest BCUT2D eigenvalue weighted by molar-refractivity contribution is 5.85. The number of carbonyl (C=O) groups excluding carboxylic acids is 1. The minimum atomic E-state index is 0.426. The van der Waals surface area contributed by atoms with Crippen molar-refractivity contribution in [1.82, 2.24) is 0 Å². The van der Waals surface area contributed by atoms with Gasteiger partial charge in [0.15, 0.2) is 0 Å². The van der Waals surface area contributed by atoms with Crippen LogP contribution in [0.1, 0.15) is 19.8 Å². The molecule has 2 bridgehead atoms. The Bertz CT molecular complexity index is 266. The molecule has 1 heteroatoms. The quantitative estimate of drug-likeness (QED) is 0.498. The Morgan fingerprint density at radius 1 is 1.33 bits per heavy atom. The van der Waals surface area contributed by atoms with Crippen molar-refractivity contribution in [1.29, 1.82) is 0 Å². The summed E-state index contributed by atoms with van der Waals surface area (Å²) < 4.78 is 0. The van der Waals surface area contributed by atoms with Crippen LogP contribution in [0.15, 0.2) is 12.2 Å². The van der Waals surface area contributed by atoms with Gasteiger partial charge in [-0.2, -0.15) is 0 Å². The Morgan fingerprint density at radius 3 is 2.83 bits per heavy atom. The second kappa shape index (κ2) is 2.01. The van der Waals surface area contributed by atoms with E-state index in [1.165, 1.54) is 6.42 Å². The molecule has 0 unspecified atom stereocenters. The molecule has 0 radical (unpaired) electrons. The Balaban J connectivity index is 2.03. The monoisotopic (exact) mass is 162 g/mol. The standard InChI is InChI=1S/C11H14O/c1-6-4-9(12)11-8-3-2-7(5-8)10(6)11/h2-3,6-8,10-11H,4-5H2,1H3/t6-,7-,8+,10-,11-/m0/s1. The summed E-state index contributed by atoms with van der Waals surface area (Å²) in [5.41, 5.74) is 0. The molecule has 3 aliphatic carbocycles. The molecule has 2 saturated carbocycles. The van der Waals surface area contributed by atoms with E-state index in [0.29, 0.717) is 29.5 Å². The summed E-state index contributed by atoms with van der Waals surface area (Å²) in [6, 6.07) is 0. The van der Waals surface area contributed by atoms with Crippen molar-refractivity contribution in [2.75, 3.05) is 0 Å². The second-order valence-electron chi connectivity index (χ2n) is 4.70. The summed E-state index contributed by atoms with van der Waals surface area (Å²) in [7, 11) is 0. The number of carbonyl (C=O) groups is 1. The van der Waals surface area contributed by atoms with E-state index >= 15 is 0 Å². The van der Waals surface area contributed by atoms with E-state index < -0.39 is 0 Å². The minimum absolute atomic E-state index is 0.426.